The Balaban J connectivity index is 1.28. The SMILES string of the molecule is CC(=O)c1nnccc1Nc1ccc(Cc2ccc(OCCOC3CNC3)cc2)cc1. The predicted molar refractivity (Wildman–Crippen MR) is 119 cm³/mol. The summed E-state index contributed by atoms with van der Waals surface area (Å²) in [5, 5.41) is 14.1. The third kappa shape index (κ3) is 5.87. The summed E-state index contributed by atoms with van der Waals surface area (Å²) in [6, 6.07) is 18.0. The fourth-order valence-corrected chi connectivity index (χ4v) is 3.25. The van der Waals surface area contributed by atoms with Crippen LogP contribution in [0.2, 0.25) is 0 Å². The van der Waals surface area contributed by atoms with Crippen LogP contribution in [0.3, 0.4) is 0 Å². The summed E-state index contributed by atoms with van der Waals surface area (Å²) in [5.74, 6) is 0.730. The minimum absolute atomic E-state index is 0.122. The molecule has 0 unspecified atom stereocenters. The van der Waals surface area contributed by atoms with Crippen molar-refractivity contribution in [3.8, 4) is 5.75 Å². The molecule has 4 rings (SSSR count). The molecule has 0 bridgehead atoms. The zero-order valence-corrected chi connectivity index (χ0v) is 17.5. The normalized spacial score (nSPS) is 13.5. The summed E-state index contributed by atoms with van der Waals surface area (Å²) >= 11 is 0. The first-order valence-corrected chi connectivity index (χ1v) is 10.4. The van der Waals surface area contributed by atoms with Gasteiger partial charge >= 0.3 is 0 Å². The highest BCUT2D eigenvalue weighted by atomic mass is 16.5. The molecule has 1 saturated heterocycles. The van der Waals surface area contributed by atoms with Crippen LogP contribution in [0.5, 0.6) is 5.75 Å². The van der Waals surface area contributed by atoms with E-state index in [2.05, 4.69) is 45.1 Å². The van der Waals surface area contributed by atoms with Crippen LogP contribution >= 0.6 is 0 Å². The summed E-state index contributed by atoms with van der Waals surface area (Å²) in [7, 11) is 0. The van der Waals surface area contributed by atoms with E-state index in [1.165, 1.54) is 18.1 Å². The number of Topliss-reactive ketones (excluding diaryl/α,β-unsaturated/α-hetero) is 1. The van der Waals surface area contributed by atoms with Gasteiger partial charge in [0.15, 0.2) is 11.5 Å². The molecule has 7 heteroatoms. The highest BCUT2D eigenvalue weighted by Crippen LogP contribution is 2.21. The zero-order chi connectivity index (χ0) is 21.5. The molecule has 0 atom stereocenters. The van der Waals surface area contributed by atoms with Crippen molar-refractivity contribution in [2.24, 2.45) is 0 Å². The van der Waals surface area contributed by atoms with Gasteiger partial charge in [-0.05, 0) is 47.9 Å². The first-order valence-electron chi connectivity index (χ1n) is 10.4. The Morgan fingerprint density at radius 3 is 2.39 bits per heavy atom. The molecular formula is C24H26N4O3. The lowest BCUT2D eigenvalue weighted by Crippen LogP contribution is -2.48. The third-order valence-corrected chi connectivity index (χ3v) is 5.07. The highest BCUT2D eigenvalue weighted by Gasteiger charge is 2.16. The van der Waals surface area contributed by atoms with E-state index < -0.39 is 0 Å². The summed E-state index contributed by atoms with van der Waals surface area (Å²) in [6.07, 6.45) is 2.73. The van der Waals surface area contributed by atoms with Gasteiger partial charge in [0.25, 0.3) is 0 Å². The van der Waals surface area contributed by atoms with E-state index in [0.717, 1.165) is 30.9 Å². The molecule has 3 aromatic rings. The molecule has 2 N–H and O–H groups in total. The van der Waals surface area contributed by atoms with Gasteiger partial charge in [0.2, 0.25) is 0 Å². The van der Waals surface area contributed by atoms with Gasteiger partial charge in [-0.1, -0.05) is 24.3 Å². The number of carbonyl (C=O) groups excluding carboxylic acids is 1. The van der Waals surface area contributed by atoms with E-state index >= 15 is 0 Å². The van der Waals surface area contributed by atoms with Crippen molar-refractivity contribution in [2.75, 3.05) is 31.6 Å². The number of rotatable bonds is 10. The monoisotopic (exact) mass is 418 g/mol. The van der Waals surface area contributed by atoms with Gasteiger partial charge in [-0.3, -0.25) is 4.79 Å². The Morgan fingerprint density at radius 2 is 1.74 bits per heavy atom. The average molecular weight is 418 g/mol. The Bertz CT molecular complexity index is 1000. The maximum atomic E-state index is 11.7. The molecule has 1 fully saturated rings. The van der Waals surface area contributed by atoms with Gasteiger partial charge in [-0.15, -0.1) is 5.10 Å². The number of nitrogens with zero attached hydrogens (tertiary/aromatic N) is 2. The number of hydrogen-bond acceptors (Lipinski definition) is 7. The van der Waals surface area contributed by atoms with Gasteiger partial charge in [0, 0.05) is 25.7 Å². The average Bonchev–Trinajstić information content (AvgIpc) is 2.75. The Hall–Kier alpha value is -3.29. The number of benzene rings is 2. The molecule has 2 aromatic carbocycles. The molecular weight excluding hydrogens is 392 g/mol. The van der Waals surface area contributed by atoms with E-state index in [4.69, 9.17) is 9.47 Å². The van der Waals surface area contributed by atoms with Crippen LogP contribution in [0.15, 0.2) is 60.8 Å². The van der Waals surface area contributed by atoms with Crippen LogP contribution in [0.25, 0.3) is 0 Å². The largest absolute Gasteiger partial charge is 0.491 e. The lowest BCUT2D eigenvalue weighted by molar-refractivity contribution is 0.00454. The van der Waals surface area contributed by atoms with Gasteiger partial charge in [-0.25, -0.2) is 0 Å². The number of aromatic nitrogens is 2. The fraction of sp³-hybridized carbons (Fsp3) is 0.292. The van der Waals surface area contributed by atoms with Gasteiger partial charge in [0.1, 0.15) is 12.4 Å². The second kappa shape index (κ2) is 10.1. The van der Waals surface area contributed by atoms with Crippen molar-refractivity contribution in [3.05, 3.63) is 77.6 Å². The summed E-state index contributed by atoms with van der Waals surface area (Å²) in [5.41, 5.74) is 4.28. The standard InChI is InChI=1S/C24H26N4O3/c1-17(29)24-23(10-11-26-28-24)27-20-6-2-18(3-7-20)14-19-4-8-21(9-5-19)30-12-13-31-22-15-25-16-22/h2-11,22,25H,12-16H2,1H3,(H,26,27). The lowest BCUT2D eigenvalue weighted by Gasteiger charge is -2.26. The summed E-state index contributed by atoms with van der Waals surface area (Å²) in [6.45, 7) is 4.52. The molecule has 0 saturated carbocycles. The van der Waals surface area contributed by atoms with Crippen LogP contribution in [0.4, 0.5) is 11.4 Å². The molecule has 0 radical (unpaired) electrons. The molecule has 7 nitrogen and oxygen atoms in total. The third-order valence-electron chi connectivity index (χ3n) is 5.07. The van der Waals surface area contributed by atoms with Crippen molar-refractivity contribution in [1.29, 1.82) is 0 Å². The molecule has 0 aliphatic carbocycles. The Morgan fingerprint density at radius 1 is 1.03 bits per heavy atom. The number of carbonyl (C=O) groups is 1. The highest BCUT2D eigenvalue weighted by molar-refractivity contribution is 5.97. The first-order chi connectivity index (χ1) is 15.2. The molecule has 160 valence electrons. The summed E-state index contributed by atoms with van der Waals surface area (Å²) < 4.78 is 11.4. The number of ether oxygens (including phenoxy) is 2. The van der Waals surface area contributed by atoms with Crippen LogP contribution in [-0.2, 0) is 11.2 Å². The van der Waals surface area contributed by atoms with Crippen molar-refractivity contribution >= 4 is 17.2 Å². The Labute approximate surface area is 181 Å². The number of anilines is 2. The van der Waals surface area contributed by atoms with Gasteiger partial charge in [-0.2, -0.15) is 5.10 Å². The molecule has 0 amide bonds. The van der Waals surface area contributed by atoms with E-state index in [-0.39, 0.29) is 5.78 Å². The van der Waals surface area contributed by atoms with E-state index in [1.54, 1.807) is 12.3 Å². The van der Waals surface area contributed by atoms with Crippen LogP contribution < -0.4 is 15.4 Å². The second-order valence-electron chi connectivity index (χ2n) is 7.49. The molecule has 0 spiro atoms. The van der Waals surface area contributed by atoms with Crippen molar-refractivity contribution < 1.29 is 14.3 Å². The number of nitrogens with one attached hydrogen (secondary N) is 2. The maximum Gasteiger partial charge on any atom is 0.182 e. The van der Waals surface area contributed by atoms with E-state index in [1.807, 2.05) is 24.3 Å². The molecule has 1 aliphatic heterocycles. The van der Waals surface area contributed by atoms with Crippen LogP contribution in [0, 0.1) is 0 Å². The van der Waals surface area contributed by atoms with Crippen LogP contribution in [-0.4, -0.2) is 48.4 Å². The first kappa shape index (κ1) is 21.0. The fourth-order valence-electron chi connectivity index (χ4n) is 3.25. The molecule has 2 heterocycles. The van der Waals surface area contributed by atoms with E-state index in [9.17, 15) is 4.79 Å². The van der Waals surface area contributed by atoms with Crippen LogP contribution in [0.1, 0.15) is 28.5 Å². The number of ketones is 1. The predicted octanol–water partition coefficient (Wildman–Crippen LogP) is 3.38. The van der Waals surface area contributed by atoms with Crippen molar-refractivity contribution in [3.63, 3.8) is 0 Å². The van der Waals surface area contributed by atoms with Gasteiger partial charge in [0.05, 0.1) is 24.6 Å². The summed E-state index contributed by atoms with van der Waals surface area (Å²) in [4.78, 5) is 11.7. The molecule has 1 aromatic heterocycles. The van der Waals surface area contributed by atoms with Crippen molar-refractivity contribution in [1.82, 2.24) is 15.5 Å². The topological polar surface area (TPSA) is 85.4 Å². The molecule has 1 aliphatic rings. The Kier molecular flexibility index (Phi) is 6.86. The van der Waals surface area contributed by atoms with Crippen molar-refractivity contribution in [2.45, 2.75) is 19.4 Å². The molecule has 31 heavy (non-hydrogen) atoms. The van der Waals surface area contributed by atoms with Gasteiger partial charge < -0.3 is 20.1 Å². The van der Waals surface area contributed by atoms with E-state index in [0.29, 0.717) is 30.7 Å². The quantitative estimate of drug-likeness (QED) is 0.386. The lowest BCUT2D eigenvalue weighted by atomic mass is 10.0. The second-order valence-corrected chi connectivity index (χ2v) is 7.49. The number of hydrogen-bond donors (Lipinski definition) is 2. The smallest absolute Gasteiger partial charge is 0.182 e. The minimum atomic E-state index is -0.122. The zero-order valence-electron chi connectivity index (χ0n) is 17.5. The minimum Gasteiger partial charge on any atom is -0.491 e. The maximum absolute atomic E-state index is 11.7.